The van der Waals surface area contributed by atoms with Gasteiger partial charge in [0.05, 0.1) is 6.04 Å². The van der Waals surface area contributed by atoms with Gasteiger partial charge in [0.1, 0.15) is 5.54 Å². The molecule has 158 valence electrons. The van der Waals surface area contributed by atoms with E-state index in [9.17, 15) is 14.4 Å². The molecule has 1 unspecified atom stereocenters. The topological polar surface area (TPSA) is 73.0 Å². The molecule has 28 heavy (non-hydrogen) atoms. The monoisotopic (exact) mass is 392 g/mol. The van der Waals surface area contributed by atoms with Gasteiger partial charge in [-0.2, -0.15) is 0 Å². The Morgan fingerprint density at radius 2 is 1.82 bits per heavy atom. The third-order valence-electron chi connectivity index (χ3n) is 6.85. The molecule has 3 aliphatic heterocycles. The van der Waals surface area contributed by atoms with Crippen molar-refractivity contribution < 1.29 is 14.4 Å². The third-order valence-corrected chi connectivity index (χ3v) is 6.85. The minimum atomic E-state index is -0.733. The summed E-state index contributed by atoms with van der Waals surface area (Å²) < 4.78 is 0. The van der Waals surface area contributed by atoms with E-state index in [0.717, 1.165) is 58.3 Å². The smallest absolute Gasteiger partial charge is 0.325 e. The predicted molar refractivity (Wildman–Crippen MR) is 108 cm³/mol. The first-order valence-corrected chi connectivity index (χ1v) is 11.1. The van der Waals surface area contributed by atoms with Crippen LogP contribution in [-0.2, 0) is 9.59 Å². The van der Waals surface area contributed by atoms with Crippen molar-refractivity contribution in [3.63, 3.8) is 0 Å². The molecule has 3 rings (SSSR count). The Balaban J connectivity index is 1.67. The second-order valence-electron chi connectivity index (χ2n) is 8.62. The number of hydrogen-bond acceptors (Lipinski definition) is 4. The standard InChI is InChI=1S/C21H36N4O3/c1-4-11-23-13-9-21(10-14-23)19(27)25(20(28)22-21)17-8-7-12-24(15-17)18(26)16(5-2)6-3/h16-17H,4-15H2,1-3H3,(H,22,28). The lowest BCUT2D eigenvalue weighted by Gasteiger charge is -2.39. The van der Waals surface area contributed by atoms with E-state index in [1.165, 1.54) is 4.90 Å². The molecule has 0 radical (unpaired) electrons. The zero-order valence-electron chi connectivity index (χ0n) is 17.7. The number of imide groups is 1. The summed E-state index contributed by atoms with van der Waals surface area (Å²) in [5.74, 6) is 0.135. The zero-order chi connectivity index (χ0) is 20.3. The molecule has 3 aliphatic rings. The lowest BCUT2D eigenvalue weighted by atomic mass is 9.87. The maximum absolute atomic E-state index is 13.3. The Labute approximate surface area is 168 Å². The molecule has 0 bridgehead atoms. The highest BCUT2D eigenvalue weighted by Gasteiger charge is 2.54. The molecular weight excluding hydrogens is 356 g/mol. The van der Waals surface area contributed by atoms with Gasteiger partial charge in [-0.1, -0.05) is 20.8 Å². The van der Waals surface area contributed by atoms with E-state index in [1.807, 2.05) is 18.7 Å². The average molecular weight is 393 g/mol. The maximum atomic E-state index is 13.3. The number of rotatable bonds is 6. The minimum absolute atomic E-state index is 0.0380. The van der Waals surface area contributed by atoms with Crippen molar-refractivity contribution >= 4 is 17.8 Å². The summed E-state index contributed by atoms with van der Waals surface area (Å²) in [4.78, 5) is 44.5. The number of amides is 4. The fraction of sp³-hybridized carbons (Fsp3) is 0.857. The Bertz CT molecular complexity index is 596. The number of carbonyl (C=O) groups is 3. The van der Waals surface area contributed by atoms with E-state index >= 15 is 0 Å². The third kappa shape index (κ3) is 3.91. The molecule has 0 aromatic carbocycles. The van der Waals surface area contributed by atoms with Crippen molar-refractivity contribution in [1.82, 2.24) is 20.0 Å². The first kappa shape index (κ1) is 21.1. The number of carbonyl (C=O) groups excluding carboxylic acids is 3. The highest BCUT2D eigenvalue weighted by Crippen LogP contribution is 2.32. The van der Waals surface area contributed by atoms with Gasteiger partial charge in [0.2, 0.25) is 5.91 Å². The van der Waals surface area contributed by atoms with Crippen LogP contribution in [0.2, 0.25) is 0 Å². The van der Waals surface area contributed by atoms with Crippen LogP contribution >= 0.6 is 0 Å². The van der Waals surface area contributed by atoms with E-state index in [-0.39, 0.29) is 29.8 Å². The number of piperidine rings is 2. The number of urea groups is 1. The highest BCUT2D eigenvalue weighted by atomic mass is 16.2. The maximum Gasteiger partial charge on any atom is 0.325 e. The Hall–Kier alpha value is -1.63. The summed E-state index contributed by atoms with van der Waals surface area (Å²) in [6.07, 6.45) is 5.74. The fourth-order valence-electron chi connectivity index (χ4n) is 5.05. The number of hydrogen-bond donors (Lipinski definition) is 1. The summed E-state index contributed by atoms with van der Waals surface area (Å²) in [5.41, 5.74) is -0.733. The van der Waals surface area contributed by atoms with Gasteiger partial charge in [-0.3, -0.25) is 14.5 Å². The summed E-state index contributed by atoms with van der Waals surface area (Å²) >= 11 is 0. The first-order chi connectivity index (χ1) is 13.5. The molecule has 7 nitrogen and oxygen atoms in total. The number of nitrogens with zero attached hydrogens (tertiary/aromatic N) is 3. The van der Waals surface area contributed by atoms with Gasteiger partial charge in [0, 0.05) is 32.1 Å². The van der Waals surface area contributed by atoms with Crippen LogP contribution in [0.5, 0.6) is 0 Å². The number of nitrogens with one attached hydrogen (secondary N) is 1. The SMILES string of the molecule is CCCN1CCC2(CC1)NC(=O)N(C1CCCN(C(=O)C(CC)CC)C1)C2=O. The van der Waals surface area contributed by atoms with Gasteiger partial charge in [0.25, 0.3) is 5.91 Å². The molecule has 3 fully saturated rings. The number of likely N-dealkylation sites (tertiary alicyclic amines) is 2. The van der Waals surface area contributed by atoms with Gasteiger partial charge < -0.3 is 15.1 Å². The quantitative estimate of drug-likeness (QED) is 0.704. The van der Waals surface area contributed by atoms with Crippen molar-refractivity contribution in [1.29, 1.82) is 0 Å². The second-order valence-corrected chi connectivity index (χ2v) is 8.62. The Kier molecular flexibility index (Phi) is 6.63. The molecular formula is C21H36N4O3. The Morgan fingerprint density at radius 1 is 1.14 bits per heavy atom. The normalized spacial score (nSPS) is 25.6. The molecule has 4 amide bonds. The predicted octanol–water partition coefficient (Wildman–Crippen LogP) is 2.21. The molecule has 1 spiro atoms. The van der Waals surface area contributed by atoms with E-state index in [2.05, 4.69) is 17.1 Å². The minimum Gasteiger partial charge on any atom is -0.340 e. The summed E-state index contributed by atoms with van der Waals surface area (Å²) in [7, 11) is 0. The van der Waals surface area contributed by atoms with Crippen LogP contribution in [0.1, 0.15) is 65.7 Å². The van der Waals surface area contributed by atoms with E-state index in [4.69, 9.17) is 0 Å². The molecule has 0 aromatic heterocycles. The summed E-state index contributed by atoms with van der Waals surface area (Å²) in [6, 6.07) is -0.469. The molecule has 0 aliphatic carbocycles. The molecule has 7 heteroatoms. The van der Waals surface area contributed by atoms with Gasteiger partial charge in [-0.25, -0.2) is 4.79 Å². The average Bonchev–Trinajstić information content (AvgIpc) is 2.94. The van der Waals surface area contributed by atoms with Gasteiger partial charge in [-0.05, 0) is 51.5 Å². The zero-order valence-corrected chi connectivity index (χ0v) is 17.7. The molecule has 0 saturated carbocycles. The summed E-state index contributed by atoms with van der Waals surface area (Å²) in [6.45, 7) is 10.2. The lowest BCUT2D eigenvalue weighted by Crippen LogP contribution is -2.56. The van der Waals surface area contributed by atoms with E-state index in [1.54, 1.807) is 0 Å². The lowest BCUT2D eigenvalue weighted by molar-refractivity contribution is -0.141. The van der Waals surface area contributed by atoms with Gasteiger partial charge in [-0.15, -0.1) is 0 Å². The van der Waals surface area contributed by atoms with Crippen molar-refractivity contribution in [2.24, 2.45) is 5.92 Å². The first-order valence-electron chi connectivity index (χ1n) is 11.1. The van der Waals surface area contributed by atoms with Gasteiger partial charge in [0.15, 0.2) is 0 Å². The van der Waals surface area contributed by atoms with Crippen LogP contribution in [0.3, 0.4) is 0 Å². The Morgan fingerprint density at radius 3 is 2.43 bits per heavy atom. The molecule has 1 N–H and O–H groups in total. The largest absolute Gasteiger partial charge is 0.340 e. The van der Waals surface area contributed by atoms with E-state index < -0.39 is 5.54 Å². The van der Waals surface area contributed by atoms with Crippen LogP contribution in [0.4, 0.5) is 4.79 Å². The van der Waals surface area contributed by atoms with Crippen LogP contribution < -0.4 is 5.32 Å². The molecule has 0 aromatic rings. The fourth-order valence-corrected chi connectivity index (χ4v) is 5.05. The van der Waals surface area contributed by atoms with Crippen molar-refractivity contribution in [3.05, 3.63) is 0 Å². The van der Waals surface area contributed by atoms with Crippen molar-refractivity contribution in [2.45, 2.75) is 77.3 Å². The van der Waals surface area contributed by atoms with Crippen molar-refractivity contribution in [2.75, 3.05) is 32.7 Å². The van der Waals surface area contributed by atoms with Crippen LogP contribution in [0.25, 0.3) is 0 Å². The molecule has 3 saturated heterocycles. The second kappa shape index (κ2) is 8.80. The van der Waals surface area contributed by atoms with Crippen LogP contribution in [0.15, 0.2) is 0 Å². The summed E-state index contributed by atoms with van der Waals surface area (Å²) in [5, 5.41) is 3.03. The van der Waals surface area contributed by atoms with Crippen LogP contribution in [0, 0.1) is 5.92 Å². The van der Waals surface area contributed by atoms with Crippen molar-refractivity contribution in [3.8, 4) is 0 Å². The molecule has 1 atom stereocenters. The van der Waals surface area contributed by atoms with E-state index in [0.29, 0.717) is 19.4 Å². The molecule has 3 heterocycles. The highest BCUT2D eigenvalue weighted by molar-refractivity contribution is 6.07. The van der Waals surface area contributed by atoms with Gasteiger partial charge >= 0.3 is 6.03 Å². The van der Waals surface area contributed by atoms with Crippen LogP contribution in [-0.4, -0.2) is 76.8 Å².